The van der Waals surface area contributed by atoms with Crippen molar-refractivity contribution >= 4 is 17.9 Å². The van der Waals surface area contributed by atoms with Crippen LogP contribution in [-0.4, -0.2) is 37.2 Å². The van der Waals surface area contributed by atoms with E-state index < -0.39 is 6.10 Å². The second-order valence-corrected chi connectivity index (χ2v) is 20.9. The molecule has 0 saturated heterocycles. The zero-order valence-corrected chi connectivity index (χ0v) is 47.5. The second-order valence-electron chi connectivity index (χ2n) is 20.9. The third kappa shape index (κ3) is 58.1. The van der Waals surface area contributed by atoms with Crippen LogP contribution in [0.15, 0.2) is 48.6 Å². The van der Waals surface area contributed by atoms with Gasteiger partial charge < -0.3 is 14.2 Å². The Morgan fingerprint density at radius 3 is 0.873 bits per heavy atom. The third-order valence-corrected chi connectivity index (χ3v) is 13.8. The summed E-state index contributed by atoms with van der Waals surface area (Å²) in [6, 6.07) is 0. The highest BCUT2D eigenvalue weighted by atomic mass is 16.6. The van der Waals surface area contributed by atoms with Crippen molar-refractivity contribution < 1.29 is 28.6 Å². The lowest BCUT2D eigenvalue weighted by molar-refractivity contribution is -0.167. The molecule has 1 atom stereocenters. The van der Waals surface area contributed by atoms with Crippen molar-refractivity contribution in [1.82, 2.24) is 0 Å². The molecule has 0 N–H and O–H groups in total. The quantitative estimate of drug-likeness (QED) is 0.0261. The van der Waals surface area contributed by atoms with Gasteiger partial charge in [0, 0.05) is 19.3 Å². The molecule has 0 rings (SSSR count). The molecule has 0 aliphatic rings. The van der Waals surface area contributed by atoms with Crippen LogP contribution < -0.4 is 0 Å². The maximum atomic E-state index is 12.9. The van der Waals surface area contributed by atoms with Gasteiger partial charge in [-0.25, -0.2) is 0 Å². The van der Waals surface area contributed by atoms with Gasteiger partial charge in [0.25, 0.3) is 0 Å². The van der Waals surface area contributed by atoms with Crippen molar-refractivity contribution in [1.29, 1.82) is 0 Å². The average molecular weight is 996 g/mol. The monoisotopic (exact) mass is 995 g/mol. The van der Waals surface area contributed by atoms with Gasteiger partial charge in [0.05, 0.1) is 0 Å². The normalized spacial score (nSPS) is 12.3. The van der Waals surface area contributed by atoms with Gasteiger partial charge >= 0.3 is 17.9 Å². The Bertz CT molecular complexity index is 1230. The zero-order chi connectivity index (χ0) is 51.4. The van der Waals surface area contributed by atoms with Crippen molar-refractivity contribution in [3.8, 4) is 0 Å². The fourth-order valence-corrected chi connectivity index (χ4v) is 9.16. The smallest absolute Gasteiger partial charge is 0.306 e. The average Bonchev–Trinajstić information content (AvgIpc) is 3.37. The molecule has 6 nitrogen and oxygen atoms in total. The molecule has 0 saturated carbocycles. The number of unbranched alkanes of at least 4 members (excludes halogenated alkanes) is 38. The lowest BCUT2D eigenvalue weighted by Gasteiger charge is -2.18. The van der Waals surface area contributed by atoms with Crippen LogP contribution in [-0.2, 0) is 28.6 Å². The number of ether oxygens (including phenoxy) is 3. The summed E-state index contributed by atoms with van der Waals surface area (Å²) in [4.78, 5) is 38.3. The van der Waals surface area contributed by atoms with Crippen molar-refractivity contribution in [2.24, 2.45) is 0 Å². The molecule has 0 aromatic heterocycles. The van der Waals surface area contributed by atoms with Gasteiger partial charge in [0.15, 0.2) is 6.10 Å². The molecule has 0 radical (unpaired) electrons. The SMILES string of the molecule is CC/C=C\C/C=C\C/C=C\CCCCCCCCCCCC(=O)OCC(COC(=O)CCCCCCCCCCCCCCCCCCC)OC(=O)CCCCCCCCC/C=C\CCCCCCCC. The molecular weight excluding hydrogens is 877 g/mol. The number of hydrogen-bond donors (Lipinski definition) is 0. The fourth-order valence-electron chi connectivity index (χ4n) is 9.16. The van der Waals surface area contributed by atoms with Crippen LogP contribution in [0.4, 0.5) is 0 Å². The molecule has 0 fully saturated rings. The van der Waals surface area contributed by atoms with Crippen LogP contribution in [0.5, 0.6) is 0 Å². The highest BCUT2D eigenvalue weighted by molar-refractivity contribution is 5.71. The highest BCUT2D eigenvalue weighted by Gasteiger charge is 2.19. The maximum Gasteiger partial charge on any atom is 0.306 e. The minimum atomic E-state index is -0.776. The first-order valence-corrected chi connectivity index (χ1v) is 31.1. The standard InChI is InChI=1S/C65H118O6/c1-4-7-10-13-16-19-22-25-28-31-32-35-37-40-43-46-49-52-55-58-64(67)70-61-62(71-65(68)59-56-53-50-47-44-41-38-34-30-27-24-21-18-15-12-9-6-3)60-69-63(66)57-54-51-48-45-42-39-36-33-29-26-23-20-17-14-11-8-5-2/h7,10,16,19,25,27-28,30,62H,4-6,8-9,11-15,17-18,20-24,26,29,31-61H2,1-3H3/b10-7-,19-16-,28-25-,30-27-. The minimum Gasteiger partial charge on any atom is -0.462 e. The van der Waals surface area contributed by atoms with Crippen molar-refractivity contribution in [2.45, 2.75) is 335 Å². The summed E-state index contributed by atoms with van der Waals surface area (Å²) in [7, 11) is 0. The van der Waals surface area contributed by atoms with Gasteiger partial charge in [-0.2, -0.15) is 0 Å². The molecule has 414 valence electrons. The van der Waals surface area contributed by atoms with E-state index in [9.17, 15) is 14.4 Å². The van der Waals surface area contributed by atoms with Gasteiger partial charge in [-0.15, -0.1) is 0 Å². The van der Waals surface area contributed by atoms with Crippen molar-refractivity contribution in [2.75, 3.05) is 13.2 Å². The fraction of sp³-hybridized carbons (Fsp3) is 0.831. The number of allylic oxidation sites excluding steroid dienone is 8. The summed E-state index contributed by atoms with van der Waals surface area (Å²) < 4.78 is 16.9. The summed E-state index contributed by atoms with van der Waals surface area (Å²) in [5.41, 5.74) is 0. The Morgan fingerprint density at radius 1 is 0.296 bits per heavy atom. The van der Waals surface area contributed by atoms with E-state index in [0.29, 0.717) is 19.3 Å². The second kappa shape index (κ2) is 59.9. The zero-order valence-electron chi connectivity index (χ0n) is 47.5. The summed E-state index contributed by atoms with van der Waals surface area (Å²) in [5, 5.41) is 0. The van der Waals surface area contributed by atoms with Crippen LogP contribution >= 0.6 is 0 Å². The van der Waals surface area contributed by atoms with Crippen LogP contribution in [0.1, 0.15) is 329 Å². The van der Waals surface area contributed by atoms with Gasteiger partial charge in [0.2, 0.25) is 0 Å². The molecule has 0 heterocycles. The number of carbonyl (C=O) groups is 3. The number of hydrogen-bond acceptors (Lipinski definition) is 6. The summed E-state index contributed by atoms with van der Waals surface area (Å²) in [6.45, 7) is 6.57. The number of carbonyl (C=O) groups excluding carboxylic acids is 3. The van der Waals surface area contributed by atoms with E-state index >= 15 is 0 Å². The Morgan fingerprint density at radius 2 is 0.549 bits per heavy atom. The summed E-state index contributed by atoms with van der Waals surface area (Å²) in [5.74, 6) is -0.862. The molecule has 0 aliphatic carbocycles. The number of rotatable bonds is 57. The van der Waals surface area contributed by atoms with E-state index in [0.717, 1.165) is 77.0 Å². The van der Waals surface area contributed by atoms with Gasteiger partial charge in [-0.1, -0.05) is 281 Å². The first-order valence-electron chi connectivity index (χ1n) is 31.1. The molecule has 0 amide bonds. The molecule has 0 bridgehead atoms. The topological polar surface area (TPSA) is 78.9 Å². The molecule has 6 heteroatoms. The highest BCUT2D eigenvalue weighted by Crippen LogP contribution is 2.17. The first-order chi connectivity index (χ1) is 35.0. The van der Waals surface area contributed by atoms with E-state index in [1.807, 2.05) is 0 Å². The molecule has 0 aromatic rings. The summed E-state index contributed by atoms with van der Waals surface area (Å²) in [6.07, 6.45) is 73.9. The molecule has 0 spiro atoms. The van der Waals surface area contributed by atoms with E-state index in [-0.39, 0.29) is 31.1 Å². The lowest BCUT2D eigenvalue weighted by atomic mass is 10.0. The molecular formula is C65H118O6. The van der Waals surface area contributed by atoms with E-state index in [1.165, 1.54) is 212 Å². The molecule has 0 aromatic carbocycles. The van der Waals surface area contributed by atoms with Crippen LogP contribution in [0, 0.1) is 0 Å². The Kier molecular flexibility index (Phi) is 57.7. The third-order valence-electron chi connectivity index (χ3n) is 13.8. The van der Waals surface area contributed by atoms with E-state index in [4.69, 9.17) is 14.2 Å². The maximum absolute atomic E-state index is 12.9. The van der Waals surface area contributed by atoms with Crippen LogP contribution in [0.25, 0.3) is 0 Å². The molecule has 1 unspecified atom stereocenters. The molecule has 71 heavy (non-hydrogen) atoms. The van der Waals surface area contributed by atoms with Gasteiger partial charge in [-0.05, 0) is 77.0 Å². The largest absolute Gasteiger partial charge is 0.462 e. The summed E-state index contributed by atoms with van der Waals surface area (Å²) >= 11 is 0. The molecule has 0 aliphatic heterocycles. The minimum absolute atomic E-state index is 0.0726. The van der Waals surface area contributed by atoms with Gasteiger partial charge in [-0.3, -0.25) is 14.4 Å². The Hall–Kier alpha value is -2.63. The van der Waals surface area contributed by atoms with Crippen LogP contribution in [0.3, 0.4) is 0 Å². The Balaban J connectivity index is 4.35. The predicted octanol–water partition coefficient (Wildman–Crippen LogP) is 21.0. The number of esters is 3. The first kappa shape index (κ1) is 68.4. The van der Waals surface area contributed by atoms with Crippen LogP contribution in [0.2, 0.25) is 0 Å². The van der Waals surface area contributed by atoms with E-state index in [1.54, 1.807) is 0 Å². The Labute approximate surface area is 441 Å². The predicted molar refractivity (Wildman–Crippen MR) is 307 cm³/mol. The van der Waals surface area contributed by atoms with Crippen molar-refractivity contribution in [3.63, 3.8) is 0 Å². The van der Waals surface area contributed by atoms with Crippen molar-refractivity contribution in [3.05, 3.63) is 48.6 Å². The lowest BCUT2D eigenvalue weighted by Crippen LogP contribution is -2.30. The van der Waals surface area contributed by atoms with Gasteiger partial charge in [0.1, 0.15) is 13.2 Å². The van der Waals surface area contributed by atoms with E-state index in [2.05, 4.69) is 69.4 Å².